The van der Waals surface area contributed by atoms with Crippen LogP contribution in [0.2, 0.25) is 0 Å². The van der Waals surface area contributed by atoms with E-state index in [-0.39, 0.29) is 5.56 Å². The lowest BCUT2D eigenvalue weighted by molar-refractivity contribution is 1.30. The molecule has 3 rings (SSSR count). The Morgan fingerprint density at radius 3 is 2.47 bits per heavy atom. The van der Waals surface area contributed by atoms with E-state index in [9.17, 15) is 4.79 Å². The van der Waals surface area contributed by atoms with Gasteiger partial charge in [-0.25, -0.2) is 0 Å². The highest BCUT2D eigenvalue weighted by Crippen LogP contribution is 2.22. The van der Waals surface area contributed by atoms with Crippen LogP contribution in [0.25, 0.3) is 22.0 Å². The molecule has 0 atom stereocenters. The number of aromatic amines is 1. The predicted molar refractivity (Wildman–Crippen MR) is 82.4 cm³/mol. The highest BCUT2D eigenvalue weighted by molar-refractivity contribution is 9.10. The normalized spacial score (nSPS) is 10.8. The Bertz CT molecular complexity index is 803. The van der Waals surface area contributed by atoms with Gasteiger partial charge in [0, 0.05) is 15.6 Å². The molecule has 2 nitrogen and oxygen atoms in total. The van der Waals surface area contributed by atoms with Crippen LogP contribution in [0.5, 0.6) is 0 Å². The summed E-state index contributed by atoms with van der Waals surface area (Å²) < 4.78 is 1.00. The molecule has 19 heavy (non-hydrogen) atoms. The fourth-order valence-electron chi connectivity index (χ4n) is 2.13. The standard InChI is InChI=1S/C16H12BrNO/c1-10-2-4-11(5-3-10)14-9-12-8-13(17)6-7-15(12)18-16(14)19/h2-9H,1H3,(H,18,19). The molecule has 0 unspecified atom stereocenters. The predicted octanol–water partition coefficient (Wildman–Crippen LogP) is 4.27. The van der Waals surface area contributed by atoms with Crippen molar-refractivity contribution in [2.75, 3.05) is 0 Å². The van der Waals surface area contributed by atoms with Crippen molar-refractivity contribution in [3.05, 3.63) is 68.9 Å². The fraction of sp³-hybridized carbons (Fsp3) is 0.0625. The molecule has 0 amide bonds. The summed E-state index contributed by atoms with van der Waals surface area (Å²) in [6.07, 6.45) is 0. The van der Waals surface area contributed by atoms with Crippen LogP contribution in [-0.4, -0.2) is 4.98 Å². The quantitative estimate of drug-likeness (QED) is 0.715. The van der Waals surface area contributed by atoms with E-state index in [0.717, 1.165) is 20.9 Å². The molecule has 0 saturated heterocycles. The number of rotatable bonds is 1. The van der Waals surface area contributed by atoms with Crippen LogP contribution in [0.1, 0.15) is 5.56 Å². The van der Waals surface area contributed by atoms with Crippen LogP contribution >= 0.6 is 15.9 Å². The van der Waals surface area contributed by atoms with Crippen LogP contribution in [-0.2, 0) is 0 Å². The first-order valence-electron chi connectivity index (χ1n) is 6.03. The largest absolute Gasteiger partial charge is 0.321 e. The fourth-order valence-corrected chi connectivity index (χ4v) is 2.50. The highest BCUT2D eigenvalue weighted by Gasteiger charge is 2.05. The van der Waals surface area contributed by atoms with E-state index in [1.165, 1.54) is 5.56 Å². The third kappa shape index (κ3) is 2.34. The van der Waals surface area contributed by atoms with Crippen molar-refractivity contribution in [1.82, 2.24) is 4.98 Å². The van der Waals surface area contributed by atoms with Crippen LogP contribution in [0.3, 0.4) is 0 Å². The maximum Gasteiger partial charge on any atom is 0.256 e. The molecule has 0 saturated carbocycles. The summed E-state index contributed by atoms with van der Waals surface area (Å²) in [6.45, 7) is 2.03. The summed E-state index contributed by atoms with van der Waals surface area (Å²) in [6, 6.07) is 15.7. The molecule has 3 aromatic rings. The summed E-state index contributed by atoms with van der Waals surface area (Å²) >= 11 is 3.45. The Labute approximate surface area is 119 Å². The molecule has 94 valence electrons. The molecule has 0 fully saturated rings. The number of pyridine rings is 1. The third-order valence-electron chi connectivity index (χ3n) is 3.17. The van der Waals surface area contributed by atoms with Gasteiger partial charge in [0.15, 0.2) is 0 Å². The first-order valence-corrected chi connectivity index (χ1v) is 6.82. The van der Waals surface area contributed by atoms with E-state index < -0.39 is 0 Å². The lowest BCUT2D eigenvalue weighted by atomic mass is 10.0. The Morgan fingerprint density at radius 1 is 1.00 bits per heavy atom. The minimum Gasteiger partial charge on any atom is -0.321 e. The van der Waals surface area contributed by atoms with Gasteiger partial charge < -0.3 is 4.98 Å². The summed E-state index contributed by atoms with van der Waals surface area (Å²) in [5.74, 6) is 0. The molecule has 2 aromatic carbocycles. The molecule has 1 aromatic heterocycles. The number of hydrogen-bond acceptors (Lipinski definition) is 1. The molecular weight excluding hydrogens is 302 g/mol. The van der Waals surface area contributed by atoms with Gasteiger partial charge in [-0.15, -0.1) is 0 Å². The number of halogens is 1. The van der Waals surface area contributed by atoms with Gasteiger partial charge >= 0.3 is 0 Å². The van der Waals surface area contributed by atoms with Crippen molar-refractivity contribution < 1.29 is 0 Å². The van der Waals surface area contributed by atoms with E-state index in [0.29, 0.717) is 5.56 Å². The maximum atomic E-state index is 12.1. The molecule has 0 radical (unpaired) electrons. The molecule has 0 aliphatic heterocycles. The van der Waals surface area contributed by atoms with Gasteiger partial charge in [-0.3, -0.25) is 4.79 Å². The van der Waals surface area contributed by atoms with Crippen LogP contribution in [0.15, 0.2) is 57.8 Å². The van der Waals surface area contributed by atoms with Gasteiger partial charge in [-0.05, 0) is 42.1 Å². The van der Waals surface area contributed by atoms with Crippen molar-refractivity contribution in [3.63, 3.8) is 0 Å². The smallest absolute Gasteiger partial charge is 0.256 e. The number of H-pyrrole nitrogens is 1. The van der Waals surface area contributed by atoms with Crippen LogP contribution < -0.4 is 5.56 Å². The zero-order valence-electron chi connectivity index (χ0n) is 10.4. The van der Waals surface area contributed by atoms with Crippen molar-refractivity contribution in [3.8, 4) is 11.1 Å². The summed E-state index contributed by atoms with van der Waals surface area (Å²) in [7, 11) is 0. The average Bonchev–Trinajstić information content (AvgIpc) is 2.40. The first kappa shape index (κ1) is 12.2. The van der Waals surface area contributed by atoms with E-state index in [4.69, 9.17) is 0 Å². The lowest BCUT2D eigenvalue weighted by Crippen LogP contribution is -2.08. The number of aryl methyl sites for hydroxylation is 1. The second-order valence-electron chi connectivity index (χ2n) is 4.61. The molecule has 0 spiro atoms. The Morgan fingerprint density at radius 2 is 1.74 bits per heavy atom. The van der Waals surface area contributed by atoms with Crippen LogP contribution in [0.4, 0.5) is 0 Å². The second kappa shape index (κ2) is 4.67. The van der Waals surface area contributed by atoms with Gasteiger partial charge in [0.2, 0.25) is 0 Å². The van der Waals surface area contributed by atoms with Gasteiger partial charge in [-0.1, -0.05) is 45.8 Å². The number of fused-ring (bicyclic) bond motifs is 1. The maximum absolute atomic E-state index is 12.1. The number of aromatic nitrogens is 1. The van der Waals surface area contributed by atoms with E-state index in [1.807, 2.05) is 55.5 Å². The monoisotopic (exact) mass is 313 g/mol. The van der Waals surface area contributed by atoms with E-state index in [1.54, 1.807) is 0 Å². The Kier molecular flexibility index (Phi) is 2.99. The van der Waals surface area contributed by atoms with E-state index >= 15 is 0 Å². The minimum absolute atomic E-state index is 0.0568. The Balaban J connectivity index is 2.26. The third-order valence-corrected chi connectivity index (χ3v) is 3.66. The molecule has 1 heterocycles. The first-order chi connectivity index (χ1) is 9.13. The Hall–Kier alpha value is -1.87. The van der Waals surface area contributed by atoms with E-state index in [2.05, 4.69) is 20.9 Å². The molecule has 1 N–H and O–H groups in total. The zero-order valence-corrected chi connectivity index (χ0v) is 12.0. The minimum atomic E-state index is -0.0568. The summed E-state index contributed by atoms with van der Waals surface area (Å²) in [4.78, 5) is 15.1. The summed E-state index contributed by atoms with van der Waals surface area (Å²) in [5.41, 5.74) is 3.62. The SMILES string of the molecule is Cc1ccc(-c2cc3cc(Br)ccc3[nH]c2=O)cc1. The van der Waals surface area contributed by atoms with Crippen molar-refractivity contribution in [2.24, 2.45) is 0 Å². The zero-order chi connectivity index (χ0) is 13.4. The molecule has 0 bridgehead atoms. The molecule has 0 aliphatic carbocycles. The van der Waals surface area contributed by atoms with Crippen molar-refractivity contribution >= 4 is 26.8 Å². The second-order valence-corrected chi connectivity index (χ2v) is 5.53. The van der Waals surface area contributed by atoms with Crippen molar-refractivity contribution in [2.45, 2.75) is 6.92 Å². The number of nitrogens with one attached hydrogen (secondary N) is 1. The average molecular weight is 314 g/mol. The highest BCUT2D eigenvalue weighted by atomic mass is 79.9. The lowest BCUT2D eigenvalue weighted by Gasteiger charge is -2.04. The topological polar surface area (TPSA) is 32.9 Å². The number of hydrogen-bond donors (Lipinski definition) is 1. The molecule has 0 aliphatic rings. The van der Waals surface area contributed by atoms with Gasteiger partial charge in [0.05, 0.1) is 0 Å². The molecule has 3 heteroatoms. The molecular formula is C16H12BrNO. The van der Waals surface area contributed by atoms with Gasteiger partial charge in [0.1, 0.15) is 0 Å². The number of benzene rings is 2. The van der Waals surface area contributed by atoms with Gasteiger partial charge in [-0.2, -0.15) is 0 Å². The van der Waals surface area contributed by atoms with Crippen LogP contribution in [0, 0.1) is 6.92 Å². The van der Waals surface area contributed by atoms with Gasteiger partial charge in [0.25, 0.3) is 5.56 Å². The van der Waals surface area contributed by atoms with Crippen molar-refractivity contribution in [1.29, 1.82) is 0 Å². The summed E-state index contributed by atoms with van der Waals surface area (Å²) in [5, 5.41) is 1.02.